The van der Waals surface area contributed by atoms with Crippen molar-refractivity contribution in [1.82, 2.24) is 20.3 Å². The molecule has 0 saturated heterocycles. The highest BCUT2D eigenvalue weighted by Gasteiger charge is 2.11. The molecule has 0 aliphatic rings. The zero-order valence-electron chi connectivity index (χ0n) is 15.7. The molecule has 1 amide bonds. The van der Waals surface area contributed by atoms with Crippen molar-refractivity contribution < 1.29 is 9.53 Å². The number of methoxy groups -OCH3 is 1. The van der Waals surface area contributed by atoms with Gasteiger partial charge in [-0.1, -0.05) is 6.07 Å². The van der Waals surface area contributed by atoms with Crippen LogP contribution in [-0.2, 0) is 17.9 Å². The van der Waals surface area contributed by atoms with E-state index in [1.807, 2.05) is 50.4 Å². The number of pyridine rings is 1. The van der Waals surface area contributed by atoms with Crippen molar-refractivity contribution in [1.29, 1.82) is 0 Å². The lowest BCUT2D eigenvalue weighted by atomic mass is 10.0. The van der Waals surface area contributed by atoms with Crippen LogP contribution in [-0.4, -0.2) is 28.0 Å². The van der Waals surface area contributed by atoms with E-state index in [0.717, 1.165) is 27.9 Å². The second kappa shape index (κ2) is 8.51. The first kappa shape index (κ1) is 18.7. The molecule has 0 bridgehead atoms. The summed E-state index contributed by atoms with van der Waals surface area (Å²) in [6.45, 7) is 4.60. The van der Waals surface area contributed by atoms with E-state index in [-0.39, 0.29) is 5.91 Å². The highest BCUT2D eigenvalue weighted by Crippen LogP contribution is 2.22. The standard InChI is InChI=1S/C21H22N4O2/c1-14-4-5-20(24-9-14)18-6-16(13-27-3)7-19(8-18)21(26)25-12-17-10-22-15(2)23-11-17/h4-11H,12-13H2,1-3H3,(H,25,26). The highest BCUT2D eigenvalue weighted by atomic mass is 16.5. The molecule has 27 heavy (non-hydrogen) atoms. The maximum Gasteiger partial charge on any atom is 0.251 e. The fourth-order valence-electron chi connectivity index (χ4n) is 2.65. The largest absolute Gasteiger partial charge is 0.380 e. The summed E-state index contributed by atoms with van der Waals surface area (Å²) in [5.41, 5.74) is 5.12. The van der Waals surface area contributed by atoms with Gasteiger partial charge in [-0.25, -0.2) is 9.97 Å². The number of ether oxygens (including phenoxy) is 1. The zero-order valence-corrected chi connectivity index (χ0v) is 15.7. The van der Waals surface area contributed by atoms with Crippen LogP contribution in [0.3, 0.4) is 0 Å². The Morgan fingerprint density at radius 3 is 2.44 bits per heavy atom. The van der Waals surface area contributed by atoms with E-state index in [4.69, 9.17) is 4.74 Å². The molecule has 0 saturated carbocycles. The van der Waals surface area contributed by atoms with Gasteiger partial charge in [0, 0.05) is 48.9 Å². The average molecular weight is 362 g/mol. The summed E-state index contributed by atoms with van der Waals surface area (Å²) in [6.07, 6.45) is 5.24. The minimum Gasteiger partial charge on any atom is -0.380 e. The van der Waals surface area contributed by atoms with Crippen molar-refractivity contribution in [3.63, 3.8) is 0 Å². The highest BCUT2D eigenvalue weighted by molar-refractivity contribution is 5.95. The molecule has 1 N–H and O–H groups in total. The second-order valence-electron chi connectivity index (χ2n) is 6.39. The Morgan fingerprint density at radius 2 is 1.78 bits per heavy atom. The fraction of sp³-hybridized carbons (Fsp3) is 0.238. The first-order valence-electron chi connectivity index (χ1n) is 8.67. The Bertz CT molecular complexity index is 922. The van der Waals surface area contributed by atoms with Crippen LogP contribution < -0.4 is 5.32 Å². The molecule has 0 aliphatic heterocycles. The Hall–Kier alpha value is -3.12. The normalized spacial score (nSPS) is 10.6. The van der Waals surface area contributed by atoms with Gasteiger partial charge in [0.15, 0.2) is 0 Å². The van der Waals surface area contributed by atoms with Gasteiger partial charge in [-0.3, -0.25) is 9.78 Å². The van der Waals surface area contributed by atoms with E-state index in [1.54, 1.807) is 19.5 Å². The molecule has 3 aromatic rings. The fourth-order valence-corrected chi connectivity index (χ4v) is 2.65. The summed E-state index contributed by atoms with van der Waals surface area (Å²) in [5, 5.41) is 2.91. The van der Waals surface area contributed by atoms with Crippen LogP contribution >= 0.6 is 0 Å². The van der Waals surface area contributed by atoms with Gasteiger partial charge < -0.3 is 10.1 Å². The number of aromatic nitrogens is 3. The number of rotatable bonds is 6. The summed E-state index contributed by atoms with van der Waals surface area (Å²) in [6, 6.07) is 9.63. The number of hydrogen-bond donors (Lipinski definition) is 1. The molecule has 0 spiro atoms. The number of benzene rings is 1. The Labute approximate surface area is 158 Å². The molecule has 0 radical (unpaired) electrons. The van der Waals surface area contributed by atoms with Crippen molar-refractivity contribution in [2.24, 2.45) is 0 Å². The second-order valence-corrected chi connectivity index (χ2v) is 6.39. The van der Waals surface area contributed by atoms with Gasteiger partial charge in [0.1, 0.15) is 5.82 Å². The molecule has 0 aliphatic carbocycles. The smallest absolute Gasteiger partial charge is 0.251 e. The number of nitrogens with zero attached hydrogens (tertiary/aromatic N) is 3. The molecule has 1 aromatic carbocycles. The Balaban J connectivity index is 1.83. The summed E-state index contributed by atoms with van der Waals surface area (Å²) >= 11 is 0. The molecular weight excluding hydrogens is 340 g/mol. The van der Waals surface area contributed by atoms with Crippen molar-refractivity contribution in [2.45, 2.75) is 27.0 Å². The third kappa shape index (κ3) is 4.95. The van der Waals surface area contributed by atoms with Crippen molar-refractivity contribution in [3.8, 4) is 11.3 Å². The zero-order chi connectivity index (χ0) is 19.2. The van der Waals surface area contributed by atoms with Gasteiger partial charge in [-0.2, -0.15) is 0 Å². The van der Waals surface area contributed by atoms with E-state index in [2.05, 4.69) is 20.3 Å². The molecular formula is C21H22N4O2. The number of aryl methyl sites for hydroxylation is 2. The van der Waals surface area contributed by atoms with Gasteiger partial charge in [0.05, 0.1) is 12.3 Å². The van der Waals surface area contributed by atoms with Crippen LogP contribution in [0.2, 0.25) is 0 Å². The topological polar surface area (TPSA) is 77.0 Å². The van der Waals surface area contributed by atoms with E-state index in [1.165, 1.54) is 0 Å². The van der Waals surface area contributed by atoms with Crippen LogP contribution in [0.5, 0.6) is 0 Å². The third-order valence-corrected chi connectivity index (χ3v) is 4.06. The molecule has 0 fully saturated rings. The van der Waals surface area contributed by atoms with Gasteiger partial charge >= 0.3 is 0 Å². The Kier molecular flexibility index (Phi) is 5.88. The quantitative estimate of drug-likeness (QED) is 0.728. The van der Waals surface area contributed by atoms with Gasteiger partial charge in [-0.05, 0) is 49.2 Å². The average Bonchev–Trinajstić information content (AvgIpc) is 2.68. The maximum atomic E-state index is 12.7. The van der Waals surface area contributed by atoms with Crippen molar-refractivity contribution in [3.05, 3.63) is 77.0 Å². The van der Waals surface area contributed by atoms with E-state index in [0.29, 0.717) is 24.5 Å². The number of carbonyl (C=O) groups excluding carboxylic acids is 1. The molecule has 6 heteroatoms. The minimum absolute atomic E-state index is 0.165. The van der Waals surface area contributed by atoms with E-state index in [9.17, 15) is 4.79 Å². The van der Waals surface area contributed by atoms with Crippen molar-refractivity contribution in [2.75, 3.05) is 7.11 Å². The predicted molar refractivity (Wildman–Crippen MR) is 103 cm³/mol. The first-order chi connectivity index (χ1) is 13.0. The summed E-state index contributed by atoms with van der Waals surface area (Å²) in [7, 11) is 1.63. The molecule has 0 atom stereocenters. The lowest BCUT2D eigenvalue weighted by Gasteiger charge is -2.10. The molecule has 2 aromatic heterocycles. The molecule has 2 heterocycles. The molecule has 3 rings (SSSR count). The van der Waals surface area contributed by atoms with Crippen LogP contribution in [0.4, 0.5) is 0 Å². The van der Waals surface area contributed by atoms with Gasteiger partial charge in [0.25, 0.3) is 5.91 Å². The van der Waals surface area contributed by atoms with Gasteiger partial charge in [0.2, 0.25) is 0 Å². The van der Waals surface area contributed by atoms with Crippen LogP contribution in [0, 0.1) is 13.8 Å². The van der Waals surface area contributed by atoms with Crippen LogP contribution in [0.25, 0.3) is 11.3 Å². The lowest BCUT2D eigenvalue weighted by molar-refractivity contribution is 0.0950. The van der Waals surface area contributed by atoms with E-state index < -0.39 is 0 Å². The number of hydrogen-bond acceptors (Lipinski definition) is 5. The van der Waals surface area contributed by atoms with Gasteiger partial charge in [-0.15, -0.1) is 0 Å². The summed E-state index contributed by atoms with van der Waals surface area (Å²) < 4.78 is 5.24. The number of nitrogens with one attached hydrogen (secondary N) is 1. The monoisotopic (exact) mass is 362 g/mol. The number of amides is 1. The third-order valence-electron chi connectivity index (χ3n) is 4.06. The summed E-state index contributed by atoms with van der Waals surface area (Å²) in [4.78, 5) is 25.4. The molecule has 0 unspecified atom stereocenters. The van der Waals surface area contributed by atoms with E-state index >= 15 is 0 Å². The molecule has 6 nitrogen and oxygen atoms in total. The van der Waals surface area contributed by atoms with Crippen LogP contribution in [0.1, 0.15) is 32.9 Å². The Morgan fingerprint density at radius 1 is 1.00 bits per heavy atom. The molecule has 138 valence electrons. The van der Waals surface area contributed by atoms with Crippen molar-refractivity contribution >= 4 is 5.91 Å². The predicted octanol–water partition coefficient (Wildman–Crippen LogP) is 3.23. The number of carbonyl (C=O) groups is 1. The first-order valence-corrected chi connectivity index (χ1v) is 8.67. The maximum absolute atomic E-state index is 12.7. The SMILES string of the molecule is COCc1cc(C(=O)NCc2cnc(C)nc2)cc(-c2ccc(C)cn2)c1. The summed E-state index contributed by atoms with van der Waals surface area (Å²) in [5.74, 6) is 0.537. The minimum atomic E-state index is -0.165. The van der Waals surface area contributed by atoms with Crippen LogP contribution in [0.15, 0.2) is 48.9 Å². The lowest BCUT2D eigenvalue weighted by Crippen LogP contribution is -2.23.